The van der Waals surface area contributed by atoms with Gasteiger partial charge in [-0.3, -0.25) is 14.5 Å². The molecule has 0 saturated carbocycles. The normalized spacial score (nSPS) is 15.2. The number of nitrogens with zero attached hydrogens (tertiary/aromatic N) is 1. The number of piperidine rings is 1. The van der Waals surface area contributed by atoms with Gasteiger partial charge in [0.25, 0.3) is 0 Å². The van der Waals surface area contributed by atoms with E-state index in [1.165, 1.54) is 12.1 Å². The van der Waals surface area contributed by atoms with E-state index in [-0.39, 0.29) is 0 Å². The van der Waals surface area contributed by atoms with Crippen LogP contribution in [0.2, 0.25) is 10.0 Å². The number of hydrogen-bond donors (Lipinski definition) is 2. The van der Waals surface area contributed by atoms with Crippen LogP contribution in [0.5, 0.6) is 0 Å². The van der Waals surface area contributed by atoms with Crippen LogP contribution in [0, 0.1) is 5.92 Å². The van der Waals surface area contributed by atoms with Gasteiger partial charge in [0.15, 0.2) is 0 Å². The first-order valence-electron chi connectivity index (χ1n) is 12.2. The van der Waals surface area contributed by atoms with Crippen LogP contribution in [0.3, 0.4) is 0 Å². The van der Waals surface area contributed by atoms with Crippen LogP contribution in [-0.2, 0) is 15.8 Å². The van der Waals surface area contributed by atoms with E-state index in [0.717, 1.165) is 31.4 Å². The molecule has 0 aromatic heterocycles. The quantitative estimate of drug-likeness (QED) is 0.294. The van der Waals surface area contributed by atoms with Crippen molar-refractivity contribution >= 4 is 46.4 Å². The van der Waals surface area contributed by atoms with Gasteiger partial charge in [-0.25, -0.2) is 0 Å². The topological polar surface area (TPSA) is 61.4 Å². The largest absolute Gasteiger partial charge is 0.416 e. The summed E-state index contributed by atoms with van der Waals surface area (Å²) in [4.78, 5) is 29.5. The van der Waals surface area contributed by atoms with E-state index in [2.05, 4.69) is 10.6 Å². The van der Waals surface area contributed by atoms with Crippen molar-refractivity contribution in [1.82, 2.24) is 4.90 Å². The van der Waals surface area contributed by atoms with E-state index in [1.807, 2.05) is 4.90 Å². The number of carbonyl (C=O) groups is 2. The van der Waals surface area contributed by atoms with Crippen LogP contribution in [0.15, 0.2) is 72.8 Å². The third kappa shape index (κ3) is 7.07. The van der Waals surface area contributed by atoms with Crippen molar-refractivity contribution in [2.45, 2.75) is 31.5 Å². The minimum atomic E-state index is -4.51. The molecule has 2 amide bonds. The van der Waals surface area contributed by atoms with Gasteiger partial charge in [-0.05, 0) is 80.0 Å². The van der Waals surface area contributed by atoms with Crippen molar-refractivity contribution in [2.24, 2.45) is 5.92 Å². The summed E-state index contributed by atoms with van der Waals surface area (Å²) >= 11 is 12.2. The third-order valence-corrected chi connectivity index (χ3v) is 6.90. The zero-order valence-electron chi connectivity index (χ0n) is 20.3. The molecule has 4 rings (SSSR count). The Bertz CT molecular complexity index is 1220. The number of anilines is 2. The van der Waals surface area contributed by atoms with Crippen LogP contribution in [-0.4, -0.2) is 29.8 Å². The predicted molar refractivity (Wildman–Crippen MR) is 143 cm³/mol. The number of alkyl halides is 3. The highest BCUT2D eigenvalue weighted by molar-refractivity contribution is 6.31. The molecular weight excluding hydrogens is 538 g/mol. The van der Waals surface area contributed by atoms with E-state index in [9.17, 15) is 22.8 Å². The Balaban J connectivity index is 1.75. The molecule has 0 spiro atoms. The highest BCUT2D eigenvalue weighted by atomic mass is 35.5. The molecule has 1 fully saturated rings. The zero-order valence-corrected chi connectivity index (χ0v) is 21.8. The predicted octanol–water partition coefficient (Wildman–Crippen LogP) is 7.43. The monoisotopic (exact) mass is 563 g/mol. The minimum absolute atomic E-state index is 0.396. The summed E-state index contributed by atoms with van der Waals surface area (Å²) in [6, 6.07) is 16.9. The Hall–Kier alpha value is -3.07. The Kier molecular flexibility index (Phi) is 8.97. The fourth-order valence-electron chi connectivity index (χ4n) is 4.66. The first-order valence-corrected chi connectivity index (χ1v) is 12.9. The molecule has 1 aliphatic heterocycles. The van der Waals surface area contributed by atoms with E-state index >= 15 is 0 Å². The van der Waals surface area contributed by atoms with Gasteiger partial charge in [0, 0.05) is 21.4 Å². The summed E-state index contributed by atoms with van der Waals surface area (Å²) in [6.07, 6.45) is -1.83. The molecule has 1 heterocycles. The molecule has 0 radical (unpaired) electrons. The SMILES string of the molecule is O=C(Nc1cccc(Cl)c1)C(C(=O)Nc1cccc(Cl)c1)C(c1ccc(C(F)(F)F)cc1)N1CCCCC1. The number of amides is 2. The van der Waals surface area contributed by atoms with Gasteiger partial charge in [0.05, 0.1) is 11.6 Å². The molecule has 0 aliphatic carbocycles. The van der Waals surface area contributed by atoms with Crippen molar-refractivity contribution in [3.8, 4) is 0 Å². The Morgan fingerprint density at radius 2 is 1.26 bits per heavy atom. The molecule has 1 saturated heterocycles. The summed E-state index contributed by atoms with van der Waals surface area (Å²) in [5.74, 6) is -2.52. The van der Waals surface area contributed by atoms with Crippen LogP contribution in [0.4, 0.5) is 24.5 Å². The second kappa shape index (κ2) is 12.2. The second-order valence-corrected chi connectivity index (χ2v) is 10.0. The first-order chi connectivity index (χ1) is 18.1. The van der Waals surface area contributed by atoms with Crippen molar-refractivity contribution in [2.75, 3.05) is 23.7 Å². The van der Waals surface area contributed by atoms with Crippen molar-refractivity contribution in [1.29, 1.82) is 0 Å². The van der Waals surface area contributed by atoms with Gasteiger partial charge in [-0.15, -0.1) is 0 Å². The van der Waals surface area contributed by atoms with Crippen LogP contribution >= 0.6 is 23.2 Å². The molecule has 3 aromatic rings. The molecule has 3 aromatic carbocycles. The lowest BCUT2D eigenvalue weighted by Gasteiger charge is -2.38. The highest BCUT2D eigenvalue weighted by Crippen LogP contribution is 2.36. The molecule has 2 N–H and O–H groups in total. The zero-order chi connectivity index (χ0) is 27.3. The van der Waals surface area contributed by atoms with E-state index in [4.69, 9.17) is 23.2 Å². The fraction of sp³-hybridized carbons (Fsp3) is 0.286. The standard InChI is InChI=1S/C28H26Cl2F3N3O2/c29-20-6-4-8-22(16-20)34-26(37)24(27(38)35-23-9-5-7-21(30)17-23)25(36-14-2-1-3-15-36)18-10-12-19(13-11-18)28(31,32)33/h4-13,16-17,24-25H,1-3,14-15H2,(H,34,37)(H,35,38). The molecule has 0 bridgehead atoms. The summed E-state index contributed by atoms with van der Waals surface area (Å²) in [5, 5.41) is 6.34. The second-order valence-electron chi connectivity index (χ2n) is 9.14. The van der Waals surface area contributed by atoms with Crippen LogP contribution in [0.25, 0.3) is 0 Å². The van der Waals surface area contributed by atoms with Gasteiger partial charge < -0.3 is 10.6 Å². The van der Waals surface area contributed by atoms with Gasteiger partial charge in [0.1, 0.15) is 5.92 Å². The lowest BCUT2D eigenvalue weighted by molar-refractivity contribution is -0.138. The number of carbonyl (C=O) groups excluding carboxylic acids is 2. The Morgan fingerprint density at radius 1 is 0.763 bits per heavy atom. The van der Waals surface area contributed by atoms with Gasteiger partial charge >= 0.3 is 6.18 Å². The van der Waals surface area contributed by atoms with E-state index in [1.54, 1.807) is 48.5 Å². The number of benzene rings is 3. The molecule has 38 heavy (non-hydrogen) atoms. The van der Waals surface area contributed by atoms with Gasteiger partial charge in [0.2, 0.25) is 11.8 Å². The first kappa shape index (κ1) is 28.0. The van der Waals surface area contributed by atoms with Crippen molar-refractivity contribution < 1.29 is 22.8 Å². The maximum Gasteiger partial charge on any atom is 0.416 e. The number of likely N-dealkylation sites (tertiary alicyclic amines) is 1. The number of rotatable bonds is 7. The molecule has 200 valence electrons. The average Bonchev–Trinajstić information content (AvgIpc) is 2.87. The molecular formula is C28H26Cl2F3N3O2. The molecule has 1 atom stereocenters. The maximum absolute atomic E-state index is 13.8. The maximum atomic E-state index is 13.8. The van der Waals surface area contributed by atoms with Gasteiger partial charge in [-0.1, -0.05) is 53.9 Å². The van der Waals surface area contributed by atoms with Crippen LogP contribution in [0.1, 0.15) is 36.4 Å². The molecule has 5 nitrogen and oxygen atoms in total. The smallest absolute Gasteiger partial charge is 0.325 e. The number of hydrogen-bond acceptors (Lipinski definition) is 3. The fourth-order valence-corrected chi connectivity index (χ4v) is 5.04. The summed E-state index contributed by atoms with van der Waals surface area (Å²) in [6.45, 7) is 1.19. The van der Waals surface area contributed by atoms with E-state index in [0.29, 0.717) is 40.1 Å². The number of halogens is 5. The summed E-state index contributed by atoms with van der Waals surface area (Å²) in [7, 11) is 0. The number of nitrogens with one attached hydrogen (secondary N) is 2. The molecule has 1 unspecified atom stereocenters. The summed E-state index contributed by atoms with van der Waals surface area (Å²) in [5.41, 5.74) is 0.426. The van der Waals surface area contributed by atoms with E-state index < -0.39 is 35.5 Å². The average molecular weight is 564 g/mol. The molecule has 1 aliphatic rings. The lowest BCUT2D eigenvalue weighted by atomic mass is 9.87. The summed E-state index contributed by atoms with van der Waals surface area (Å²) < 4.78 is 39.8. The van der Waals surface area contributed by atoms with Crippen molar-refractivity contribution in [3.05, 3.63) is 94.0 Å². The third-order valence-electron chi connectivity index (χ3n) is 6.43. The lowest BCUT2D eigenvalue weighted by Crippen LogP contribution is -2.46. The van der Waals surface area contributed by atoms with Crippen LogP contribution < -0.4 is 10.6 Å². The van der Waals surface area contributed by atoms with Crippen molar-refractivity contribution in [3.63, 3.8) is 0 Å². The van der Waals surface area contributed by atoms with Gasteiger partial charge in [-0.2, -0.15) is 13.2 Å². The minimum Gasteiger partial charge on any atom is -0.325 e. The molecule has 10 heteroatoms. The highest BCUT2D eigenvalue weighted by Gasteiger charge is 2.40. The Labute approximate surface area is 228 Å². The Morgan fingerprint density at radius 3 is 1.71 bits per heavy atom.